The van der Waals surface area contributed by atoms with Crippen molar-refractivity contribution in [2.75, 3.05) is 51.3 Å². The highest BCUT2D eigenvalue weighted by Gasteiger charge is 2.27. The number of hydrogen-bond acceptors (Lipinski definition) is 9. The molecule has 0 amide bonds. The first-order valence-electron chi connectivity index (χ1n) is 14.1. The quantitative estimate of drug-likeness (QED) is 0.297. The number of pyridine rings is 2. The minimum absolute atomic E-state index is 0.0817. The number of likely N-dealkylation sites (N-methyl/N-ethyl adjacent to an activating group) is 1. The highest BCUT2D eigenvalue weighted by atomic mass is 32.2. The zero-order valence-corrected chi connectivity index (χ0v) is 24.3. The highest BCUT2D eigenvalue weighted by Crippen LogP contribution is 2.39. The molecule has 3 aromatic heterocycles. The molecule has 0 atom stereocenters. The van der Waals surface area contributed by atoms with E-state index in [1.54, 1.807) is 42.6 Å². The lowest BCUT2D eigenvalue weighted by Crippen LogP contribution is -2.45. The summed E-state index contributed by atoms with van der Waals surface area (Å²) in [6, 6.07) is 16.2. The van der Waals surface area contributed by atoms with Crippen LogP contribution in [0.15, 0.2) is 78.0 Å². The molecule has 2 aromatic carbocycles. The molecule has 0 radical (unpaired) electrons. The van der Waals surface area contributed by atoms with Crippen LogP contribution in [0.4, 0.5) is 10.2 Å². The molecular weight excluding hydrogens is 571 g/mol. The summed E-state index contributed by atoms with van der Waals surface area (Å²) in [6.07, 6.45) is 3.64. The Kier molecular flexibility index (Phi) is 6.94. The van der Waals surface area contributed by atoms with Crippen LogP contribution in [0.2, 0.25) is 0 Å². The van der Waals surface area contributed by atoms with Crippen molar-refractivity contribution in [1.29, 1.82) is 0 Å². The van der Waals surface area contributed by atoms with Gasteiger partial charge in [-0.25, -0.2) is 9.37 Å². The summed E-state index contributed by atoms with van der Waals surface area (Å²) in [4.78, 5) is 13.8. The molecule has 0 aliphatic carbocycles. The molecule has 0 saturated carbocycles. The maximum absolute atomic E-state index is 15.3. The Morgan fingerprint density at radius 1 is 0.860 bits per heavy atom. The van der Waals surface area contributed by atoms with E-state index in [0.29, 0.717) is 53.5 Å². The number of fused-ring (bicyclic) bond motifs is 6. The second kappa shape index (κ2) is 10.9. The maximum atomic E-state index is 15.3. The number of aromatic nitrogens is 4. The Bertz CT molecular complexity index is 1920. The largest absolute Gasteiger partial charge is 0.493 e. The second-order valence-corrected chi connectivity index (χ2v) is 12.4. The monoisotopic (exact) mass is 600 g/mol. The van der Waals surface area contributed by atoms with E-state index >= 15 is 4.39 Å². The van der Waals surface area contributed by atoms with E-state index in [-0.39, 0.29) is 16.0 Å². The number of nitrogens with zero attached hydrogens (tertiary/aromatic N) is 6. The van der Waals surface area contributed by atoms with Crippen LogP contribution in [0.5, 0.6) is 11.5 Å². The third kappa shape index (κ3) is 4.96. The van der Waals surface area contributed by atoms with E-state index in [2.05, 4.69) is 26.9 Å². The molecule has 220 valence electrons. The fourth-order valence-corrected chi connectivity index (χ4v) is 6.73. The van der Waals surface area contributed by atoms with Gasteiger partial charge < -0.3 is 19.3 Å². The Morgan fingerprint density at radius 2 is 1.63 bits per heavy atom. The van der Waals surface area contributed by atoms with Crippen molar-refractivity contribution in [3.8, 4) is 34.0 Å². The molecule has 12 heteroatoms. The number of hydrogen-bond donors (Lipinski definition) is 0. The van der Waals surface area contributed by atoms with Crippen LogP contribution >= 0.6 is 0 Å². The topological polar surface area (TPSA) is 103 Å². The van der Waals surface area contributed by atoms with Crippen LogP contribution < -0.4 is 14.4 Å². The molecule has 0 N–H and O–H groups in total. The summed E-state index contributed by atoms with van der Waals surface area (Å²) in [5, 5.41) is 5.09. The summed E-state index contributed by atoms with van der Waals surface area (Å²) >= 11 is 0. The summed E-state index contributed by atoms with van der Waals surface area (Å²) < 4.78 is 56.1. The molecule has 5 heterocycles. The first-order chi connectivity index (χ1) is 20.9. The number of halogens is 1. The van der Waals surface area contributed by atoms with Gasteiger partial charge in [0.1, 0.15) is 22.8 Å². The van der Waals surface area contributed by atoms with Gasteiger partial charge in [0.05, 0.1) is 35.6 Å². The third-order valence-electron chi connectivity index (χ3n) is 7.75. The van der Waals surface area contributed by atoms with Gasteiger partial charge in [-0.3, -0.25) is 4.98 Å². The molecule has 2 aliphatic rings. The molecule has 7 rings (SSSR count). The molecule has 1 fully saturated rings. The van der Waals surface area contributed by atoms with E-state index < -0.39 is 15.8 Å². The zero-order valence-electron chi connectivity index (χ0n) is 23.5. The van der Waals surface area contributed by atoms with E-state index in [9.17, 15) is 8.42 Å². The molecule has 10 nitrogen and oxygen atoms in total. The van der Waals surface area contributed by atoms with Crippen molar-refractivity contribution in [2.45, 2.75) is 11.3 Å². The number of rotatable bonds is 3. The molecule has 1 saturated heterocycles. The van der Waals surface area contributed by atoms with Crippen molar-refractivity contribution in [2.24, 2.45) is 0 Å². The van der Waals surface area contributed by atoms with Crippen LogP contribution in [0, 0.1) is 5.82 Å². The lowest BCUT2D eigenvalue weighted by atomic mass is 10.1. The molecule has 0 spiro atoms. The zero-order chi connectivity index (χ0) is 29.6. The van der Waals surface area contributed by atoms with Crippen LogP contribution in [-0.2, 0) is 10.0 Å². The summed E-state index contributed by atoms with van der Waals surface area (Å²) in [5.41, 5.74) is 1.67. The first-order valence-corrected chi connectivity index (χ1v) is 15.5. The molecule has 0 unspecified atom stereocenters. The van der Waals surface area contributed by atoms with Gasteiger partial charge in [-0.05, 0) is 43.4 Å². The second-order valence-electron chi connectivity index (χ2n) is 10.6. The van der Waals surface area contributed by atoms with Gasteiger partial charge in [0, 0.05) is 49.7 Å². The van der Waals surface area contributed by atoms with Gasteiger partial charge in [0.15, 0.2) is 11.6 Å². The smallest absolute Gasteiger partial charge is 0.283 e. The molecule has 5 aromatic rings. The van der Waals surface area contributed by atoms with Gasteiger partial charge in [-0.2, -0.15) is 17.6 Å². The highest BCUT2D eigenvalue weighted by molar-refractivity contribution is 7.90. The first kappa shape index (κ1) is 27.3. The predicted molar refractivity (Wildman–Crippen MR) is 160 cm³/mol. The summed E-state index contributed by atoms with van der Waals surface area (Å²) in [5.74, 6) is 1.14. The predicted octanol–water partition coefficient (Wildman–Crippen LogP) is 4.45. The SMILES string of the molecule is CN1CCN(c2ncc3cc2OCCCOc2cccc(F)c2-c2cc4c-3nn(S(=O)(=O)c3ccccc3)c4cn2)CC1. The van der Waals surface area contributed by atoms with Crippen molar-refractivity contribution >= 4 is 26.7 Å². The van der Waals surface area contributed by atoms with Crippen LogP contribution in [-0.4, -0.2) is 78.9 Å². The summed E-state index contributed by atoms with van der Waals surface area (Å²) in [6.45, 7) is 4.03. The van der Waals surface area contributed by atoms with Crippen LogP contribution in [0.25, 0.3) is 33.4 Å². The Labute approximate surface area is 248 Å². The molecule has 4 bridgehead atoms. The average Bonchev–Trinajstić information content (AvgIpc) is 3.41. The number of ether oxygens (including phenoxy) is 2. The van der Waals surface area contributed by atoms with Gasteiger partial charge in [-0.1, -0.05) is 24.3 Å². The maximum Gasteiger partial charge on any atom is 0.283 e. The molecular formula is C31H29FN6O4S. The Balaban J connectivity index is 1.46. The van der Waals surface area contributed by atoms with Crippen molar-refractivity contribution in [3.63, 3.8) is 0 Å². The van der Waals surface area contributed by atoms with E-state index in [4.69, 9.17) is 14.5 Å². The minimum Gasteiger partial charge on any atom is -0.493 e. The fraction of sp³-hybridized carbons (Fsp3) is 0.258. The van der Waals surface area contributed by atoms with Gasteiger partial charge in [0.25, 0.3) is 10.0 Å². The van der Waals surface area contributed by atoms with Crippen molar-refractivity contribution in [1.82, 2.24) is 24.1 Å². The van der Waals surface area contributed by atoms with Gasteiger partial charge in [0.2, 0.25) is 0 Å². The van der Waals surface area contributed by atoms with E-state index in [0.717, 1.165) is 36.1 Å². The minimum atomic E-state index is -4.09. The fourth-order valence-electron chi connectivity index (χ4n) is 5.44. The van der Waals surface area contributed by atoms with Gasteiger partial charge in [-0.15, -0.1) is 0 Å². The summed E-state index contributed by atoms with van der Waals surface area (Å²) in [7, 11) is -2.00. The normalized spacial score (nSPS) is 15.9. The lowest BCUT2D eigenvalue weighted by Gasteiger charge is -2.34. The lowest BCUT2D eigenvalue weighted by molar-refractivity contribution is 0.246. The Morgan fingerprint density at radius 3 is 2.42 bits per heavy atom. The number of piperazine rings is 1. The average molecular weight is 601 g/mol. The van der Waals surface area contributed by atoms with Gasteiger partial charge >= 0.3 is 0 Å². The van der Waals surface area contributed by atoms with Crippen molar-refractivity contribution in [3.05, 3.63) is 78.9 Å². The van der Waals surface area contributed by atoms with Crippen LogP contribution in [0.3, 0.4) is 0 Å². The standard InChI is InChI=1S/C31H29FN6O4S/c1-36-11-13-37(14-12-36)31-28-17-21(19-34-31)30-23-18-25(29-24(32)9-5-10-27(29)41-15-6-16-42-28)33-20-26(23)38(35-30)43(39,40)22-7-3-2-4-8-22/h2-5,7-10,17-20H,6,11-16H2,1H3. The Hall–Kier alpha value is -4.55. The van der Waals surface area contributed by atoms with Crippen molar-refractivity contribution < 1.29 is 22.3 Å². The van der Waals surface area contributed by atoms with E-state index in [1.807, 2.05) is 6.07 Å². The third-order valence-corrected chi connectivity index (χ3v) is 9.35. The molecule has 2 aliphatic heterocycles. The van der Waals surface area contributed by atoms with Crippen LogP contribution in [0.1, 0.15) is 6.42 Å². The molecule has 43 heavy (non-hydrogen) atoms. The number of benzene rings is 2. The van der Waals surface area contributed by atoms with E-state index in [1.165, 1.54) is 24.4 Å². The number of anilines is 1.